The maximum Gasteiger partial charge on any atom is 0.317 e. The third-order valence-corrected chi connectivity index (χ3v) is 4.02. The molecule has 1 N–H and O–H groups in total. The Kier molecular flexibility index (Phi) is 6.03. The van der Waals surface area contributed by atoms with Crippen molar-refractivity contribution in [2.45, 2.75) is 13.0 Å². The summed E-state index contributed by atoms with van der Waals surface area (Å²) in [5, 5.41) is 5.02. The van der Waals surface area contributed by atoms with Crippen molar-refractivity contribution in [1.29, 1.82) is 0 Å². The van der Waals surface area contributed by atoms with Crippen LogP contribution in [-0.4, -0.2) is 24.0 Å². The number of carbonyl (C=O) groups is 1. The van der Waals surface area contributed by atoms with Crippen LogP contribution in [-0.2, 0) is 13.0 Å². The Morgan fingerprint density at radius 1 is 1.24 bits per heavy atom. The van der Waals surface area contributed by atoms with Gasteiger partial charge in [0.2, 0.25) is 0 Å². The first-order valence-electron chi connectivity index (χ1n) is 6.99. The van der Waals surface area contributed by atoms with Crippen LogP contribution in [0.4, 0.5) is 4.79 Å². The monoisotopic (exact) mass is 300 g/mol. The van der Waals surface area contributed by atoms with Gasteiger partial charge in [0.05, 0.1) is 0 Å². The highest BCUT2D eigenvalue weighted by Gasteiger charge is 2.11. The number of amides is 2. The van der Waals surface area contributed by atoms with Crippen molar-refractivity contribution in [3.8, 4) is 0 Å². The Morgan fingerprint density at radius 2 is 2.05 bits per heavy atom. The van der Waals surface area contributed by atoms with Crippen molar-refractivity contribution in [3.05, 3.63) is 70.9 Å². The molecule has 0 unspecified atom stereocenters. The largest absolute Gasteiger partial charge is 0.338 e. The van der Waals surface area contributed by atoms with Gasteiger partial charge in [0.1, 0.15) is 0 Å². The summed E-state index contributed by atoms with van der Waals surface area (Å²) >= 11 is 1.71. The molecule has 1 aromatic carbocycles. The fourth-order valence-corrected chi connectivity index (χ4v) is 2.75. The van der Waals surface area contributed by atoms with Gasteiger partial charge in [-0.25, -0.2) is 4.79 Å². The van der Waals surface area contributed by atoms with Crippen LogP contribution in [0, 0.1) is 0 Å². The zero-order valence-electron chi connectivity index (χ0n) is 12.0. The van der Waals surface area contributed by atoms with Crippen molar-refractivity contribution in [3.63, 3.8) is 0 Å². The maximum atomic E-state index is 12.2. The molecule has 0 atom stereocenters. The first-order chi connectivity index (χ1) is 10.3. The SMILES string of the molecule is C=CCN(Cc1ccccc1)C(=O)NCCc1cccs1. The number of urea groups is 1. The molecule has 2 amide bonds. The van der Waals surface area contributed by atoms with Crippen molar-refractivity contribution in [1.82, 2.24) is 10.2 Å². The van der Waals surface area contributed by atoms with E-state index in [0.717, 1.165) is 12.0 Å². The molecule has 21 heavy (non-hydrogen) atoms. The van der Waals surface area contributed by atoms with Crippen molar-refractivity contribution >= 4 is 17.4 Å². The number of carbonyl (C=O) groups excluding carboxylic acids is 1. The predicted molar refractivity (Wildman–Crippen MR) is 88.5 cm³/mol. The van der Waals surface area contributed by atoms with E-state index >= 15 is 0 Å². The topological polar surface area (TPSA) is 32.3 Å². The number of thiophene rings is 1. The molecule has 0 saturated heterocycles. The molecule has 0 saturated carbocycles. The normalized spacial score (nSPS) is 10.1. The summed E-state index contributed by atoms with van der Waals surface area (Å²) in [5.41, 5.74) is 1.12. The van der Waals surface area contributed by atoms with Gasteiger partial charge in [-0.3, -0.25) is 0 Å². The molecule has 0 aliphatic rings. The molecular weight excluding hydrogens is 280 g/mol. The van der Waals surface area contributed by atoms with E-state index in [0.29, 0.717) is 19.6 Å². The standard InChI is InChI=1S/C17H20N2OS/c1-2-12-19(14-15-7-4-3-5-8-15)17(20)18-11-10-16-9-6-13-21-16/h2-9,13H,1,10-12,14H2,(H,18,20). The van der Waals surface area contributed by atoms with Gasteiger partial charge in [-0.05, 0) is 23.4 Å². The summed E-state index contributed by atoms with van der Waals surface area (Å²) in [6, 6.07) is 14.1. The first-order valence-corrected chi connectivity index (χ1v) is 7.87. The van der Waals surface area contributed by atoms with Crippen LogP contribution >= 0.6 is 11.3 Å². The fourth-order valence-electron chi connectivity index (χ4n) is 2.04. The Balaban J connectivity index is 1.84. The molecule has 110 valence electrons. The summed E-state index contributed by atoms with van der Waals surface area (Å²) in [6.07, 6.45) is 2.62. The van der Waals surface area contributed by atoms with Gasteiger partial charge >= 0.3 is 6.03 Å². The summed E-state index contributed by atoms with van der Waals surface area (Å²) in [4.78, 5) is 15.3. The molecule has 0 fully saturated rings. The minimum absolute atomic E-state index is 0.0460. The molecule has 0 aliphatic heterocycles. The second-order valence-corrected chi connectivity index (χ2v) is 5.75. The molecule has 4 heteroatoms. The van der Waals surface area contributed by atoms with Crippen LogP contribution in [0.1, 0.15) is 10.4 Å². The van der Waals surface area contributed by atoms with Crippen molar-refractivity contribution < 1.29 is 4.79 Å². The average Bonchev–Trinajstić information content (AvgIpc) is 3.01. The maximum absolute atomic E-state index is 12.2. The highest BCUT2D eigenvalue weighted by molar-refractivity contribution is 7.09. The van der Waals surface area contributed by atoms with Gasteiger partial charge in [-0.2, -0.15) is 0 Å². The van der Waals surface area contributed by atoms with Crippen molar-refractivity contribution in [2.24, 2.45) is 0 Å². The number of benzene rings is 1. The summed E-state index contributed by atoms with van der Waals surface area (Å²) in [7, 11) is 0. The van der Waals surface area contributed by atoms with Crippen LogP contribution in [0.3, 0.4) is 0 Å². The first kappa shape index (κ1) is 15.3. The minimum Gasteiger partial charge on any atom is -0.338 e. The fraction of sp³-hybridized carbons (Fsp3) is 0.235. The molecule has 0 aliphatic carbocycles. The van der Waals surface area contributed by atoms with E-state index in [9.17, 15) is 4.79 Å². The third kappa shape index (κ3) is 5.08. The lowest BCUT2D eigenvalue weighted by atomic mass is 10.2. The van der Waals surface area contributed by atoms with E-state index in [2.05, 4.69) is 23.3 Å². The number of rotatable bonds is 7. The quantitative estimate of drug-likeness (QED) is 0.777. The molecule has 3 nitrogen and oxygen atoms in total. The van der Waals surface area contributed by atoms with Gasteiger partial charge in [0, 0.05) is 24.5 Å². The third-order valence-electron chi connectivity index (χ3n) is 3.08. The molecule has 1 aromatic heterocycles. The van der Waals surface area contributed by atoms with Crippen LogP contribution in [0.2, 0.25) is 0 Å². The van der Waals surface area contributed by atoms with E-state index in [-0.39, 0.29) is 6.03 Å². The number of hydrogen-bond acceptors (Lipinski definition) is 2. The van der Waals surface area contributed by atoms with Gasteiger partial charge < -0.3 is 10.2 Å². The van der Waals surface area contributed by atoms with Crippen LogP contribution in [0.15, 0.2) is 60.5 Å². The Hall–Kier alpha value is -2.07. The van der Waals surface area contributed by atoms with E-state index in [1.54, 1.807) is 22.3 Å². The molecule has 0 spiro atoms. The second kappa shape index (κ2) is 8.27. The second-order valence-electron chi connectivity index (χ2n) is 4.72. The summed E-state index contributed by atoms with van der Waals surface area (Å²) in [5.74, 6) is 0. The molecule has 2 rings (SSSR count). The number of hydrogen-bond donors (Lipinski definition) is 1. The summed E-state index contributed by atoms with van der Waals surface area (Å²) < 4.78 is 0. The Morgan fingerprint density at radius 3 is 2.71 bits per heavy atom. The molecule has 1 heterocycles. The minimum atomic E-state index is -0.0460. The zero-order chi connectivity index (χ0) is 14.9. The Bertz CT molecular complexity index is 551. The number of nitrogens with zero attached hydrogens (tertiary/aromatic N) is 1. The Labute approximate surface area is 129 Å². The van der Waals surface area contributed by atoms with Crippen LogP contribution in [0.25, 0.3) is 0 Å². The zero-order valence-corrected chi connectivity index (χ0v) is 12.8. The lowest BCUT2D eigenvalue weighted by Crippen LogP contribution is -2.40. The lowest BCUT2D eigenvalue weighted by molar-refractivity contribution is 0.201. The van der Waals surface area contributed by atoms with Crippen LogP contribution < -0.4 is 5.32 Å². The predicted octanol–water partition coefficient (Wildman–Crippen LogP) is 3.69. The average molecular weight is 300 g/mol. The van der Waals surface area contributed by atoms with Gasteiger partial charge in [-0.15, -0.1) is 17.9 Å². The van der Waals surface area contributed by atoms with Gasteiger partial charge in [-0.1, -0.05) is 42.5 Å². The molecule has 0 radical (unpaired) electrons. The lowest BCUT2D eigenvalue weighted by Gasteiger charge is -2.21. The number of nitrogens with one attached hydrogen (secondary N) is 1. The van der Waals surface area contributed by atoms with Crippen molar-refractivity contribution in [2.75, 3.05) is 13.1 Å². The van der Waals surface area contributed by atoms with E-state index in [1.807, 2.05) is 36.4 Å². The smallest absolute Gasteiger partial charge is 0.317 e. The molecular formula is C17H20N2OS. The van der Waals surface area contributed by atoms with Gasteiger partial charge in [0.15, 0.2) is 0 Å². The highest BCUT2D eigenvalue weighted by atomic mass is 32.1. The highest BCUT2D eigenvalue weighted by Crippen LogP contribution is 2.08. The van der Waals surface area contributed by atoms with E-state index < -0.39 is 0 Å². The summed E-state index contributed by atoms with van der Waals surface area (Å²) in [6.45, 7) is 5.52. The molecule has 0 bridgehead atoms. The van der Waals surface area contributed by atoms with Gasteiger partial charge in [0.25, 0.3) is 0 Å². The van der Waals surface area contributed by atoms with E-state index in [4.69, 9.17) is 0 Å². The van der Waals surface area contributed by atoms with Crippen LogP contribution in [0.5, 0.6) is 0 Å². The van der Waals surface area contributed by atoms with E-state index in [1.165, 1.54) is 4.88 Å². The molecule has 2 aromatic rings.